The predicted molar refractivity (Wildman–Crippen MR) is 75.7 cm³/mol. The number of aliphatic hydroxyl groups is 1. The second kappa shape index (κ2) is 6.93. The molecule has 0 aliphatic heterocycles. The number of hydrogen-bond donors (Lipinski definition) is 1. The molecule has 1 heterocycles. The van der Waals surface area contributed by atoms with Gasteiger partial charge in [0.2, 0.25) is 0 Å². The van der Waals surface area contributed by atoms with Crippen molar-refractivity contribution in [1.29, 1.82) is 0 Å². The molecule has 0 saturated carbocycles. The fourth-order valence-corrected chi connectivity index (χ4v) is 2.36. The zero-order valence-electron chi connectivity index (χ0n) is 12.5. The summed E-state index contributed by atoms with van der Waals surface area (Å²) >= 11 is 0. The molecular formula is C15H28N2O. The van der Waals surface area contributed by atoms with E-state index in [1.54, 1.807) is 0 Å². The van der Waals surface area contributed by atoms with E-state index in [9.17, 15) is 5.11 Å². The van der Waals surface area contributed by atoms with Crippen molar-refractivity contribution < 1.29 is 5.11 Å². The summed E-state index contributed by atoms with van der Waals surface area (Å²) in [5.41, 5.74) is 3.39. The van der Waals surface area contributed by atoms with Gasteiger partial charge in [0.1, 0.15) is 0 Å². The summed E-state index contributed by atoms with van der Waals surface area (Å²) in [6.07, 6.45) is 3.40. The number of aliphatic hydroxyl groups excluding tert-OH is 1. The average molecular weight is 252 g/mol. The van der Waals surface area contributed by atoms with Crippen LogP contribution in [-0.2, 0) is 19.4 Å². The van der Waals surface area contributed by atoms with E-state index in [1.807, 2.05) is 6.92 Å². The molecule has 1 aromatic heterocycles. The van der Waals surface area contributed by atoms with E-state index in [0.717, 1.165) is 43.5 Å². The molecule has 2 atom stereocenters. The third-order valence-electron chi connectivity index (χ3n) is 3.75. The Morgan fingerprint density at radius 3 is 2.22 bits per heavy atom. The van der Waals surface area contributed by atoms with Crippen molar-refractivity contribution in [2.45, 2.75) is 73.0 Å². The number of rotatable bonds is 7. The Bertz CT molecular complexity index is 371. The molecule has 104 valence electrons. The van der Waals surface area contributed by atoms with Crippen molar-refractivity contribution >= 4 is 0 Å². The fourth-order valence-electron chi connectivity index (χ4n) is 2.36. The molecule has 0 fully saturated rings. The molecule has 0 bridgehead atoms. The van der Waals surface area contributed by atoms with Crippen LogP contribution in [0.5, 0.6) is 0 Å². The average Bonchev–Trinajstić information content (AvgIpc) is 2.74. The van der Waals surface area contributed by atoms with Gasteiger partial charge in [-0.1, -0.05) is 41.0 Å². The molecule has 0 spiro atoms. The van der Waals surface area contributed by atoms with Crippen molar-refractivity contribution in [2.75, 3.05) is 0 Å². The molecule has 18 heavy (non-hydrogen) atoms. The summed E-state index contributed by atoms with van der Waals surface area (Å²) in [7, 11) is 0. The summed E-state index contributed by atoms with van der Waals surface area (Å²) < 4.78 is 2.13. The van der Waals surface area contributed by atoms with Crippen LogP contribution in [0.3, 0.4) is 0 Å². The number of nitrogens with zero attached hydrogens (tertiary/aromatic N) is 2. The van der Waals surface area contributed by atoms with Crippen LogP contribution in [0.15, 0.2) is 0 Å². The number of aromatic nitrogens is 2. The Balaban J connectivity index is 3.15. The Morgan fingerprint density at radius 1 is 1.11 bits per heavy atom. The van der Waals surface area contributed by atoms with Crippen molar-refractivity contribution in [3.8, 4) is 0 Å². The maximum Gasteiger partial charge on any atom is 0.0823 e. The quantitative estimate of drug-likeness (QED) is 0.806. The standard InChI is InChI=1S/C15H28N2O/c1-6-11(5)10-17-13(8-3)15(14(18)9-4)12(7-2)16-17/h11,14,18H,6-10H2,1-5H3. The van der Waals surface area contributed by atoms with Crippen molar-refractivity contribution in [3.05, 3.63) is 17.0 Å². The van der Waals surface area contributed by atoms with Crippen molar-refractivity contribution in [2.24, 2.45) is 5.92 Å². The third-order valence-corrected chi connectivity index (χ3v) is 3.75. The molecule has 2 unspecified atom stereocenters. The summed E-state index contributed by atoms with van der Waals surface area (Å²) in [4.78, 5) is 0. The minimum atomic E-state index is -0.361. The van der Waals surface area contributed by atoms with Crippen LogP contribution >= 0.6 is 0 Å². The van der Waals surface area contributed by atoms with E-state index in [1.165, 1.54) is 5.69 Å². The van der Waals surface area contributed by atoms with E-state index >= 15 is 0 Å². The maximum atomic E-state index is 10.2. The van der Waals surface area contributed by atoms with Gasteiger partial charge in [-0.2, -0.15) is 5.10 Å². The zero-order chi connectivity index (χ0) is 13.7. The second-order valence-corrected chi connectivity index (χ2v) is 5.13. The normalized spacial score (nSPS) is 14.8. The number of hydrogen-bond acceptors (Lipinski definition) is 2. The van der Waals surface area contributed by atoms with E-state index in [4.69, 9.17) is 5.10 Å². The van der Waals surface area contributed by atoms with Gasteiger partial charge in [-0.05, 0) is 25.2 Å². The van der Waals surface area contributed by atoms with Crippen LogP contribution in [0.4, 0.5) is 0 Å². The highest BCUT2D eigenvalue weighted by molar-refractivity contribution is 5.29. The molecule has 0 saturated heterocycles. The monoisotopic (exact) mass is 252 g/mol. The molecule has 0 aliphatic carbocycles. The lowest BCUT2D eigenvalue weighted by Crippen LogP contribution is -2.12. The second-order valence-electron chi connectivity index (χ2n) is 5.13. The van der Waals surface area contributed by atoms with Crippen LogP contribution in [-0.4, -0.2) is 14.9 Å². The van der Waals surface area contributed by atoms with E-state index < -0.39 is 0 Å². The highest BCUT2D eigenvalue weighted by atomic mass is 16.3. The first-order chi connectivity index (χ1) is 8.58. The highest BCUT2D eigenvalue weighted by Crippen LogP contribution is 2.26. The smallest absolute Gasteiger partial charge is 0.0823 e. The zero-order valence-corrected chi connectivity index (χ0v) is 12.5. The summed E-state index contributed by atoms with van der Waals surface area (Å²) in [6.45, 7) is 11.7. The SMILES string of the molecule is CCc1nn(CC(C)CC)c(CC)c1C(O)CC. The molecule has 0 aliphatic rings. The van der Waals surface area contributed by atoms with Gasteiger partial charge >= 0.3 is 0 Å². The Hall–Kier alpha value is -0.830. The lowest BCUT2D eigenvalue weighted by atomic mass is 10.0. The van der Waals surface area contributed by atoms with Crippen LogP contribution in [0.2, 0.25) is 0 Å². The minimum Gasteiger partial charge on any atom is -0.388 e. The first-order valence-corrected chi connectivity index (χ1v) is 7.35. The first kappa shape index (κ1) is 15.2. The molecule has 1 aromatic rings. The van der Waals surface area contributed by atoms with Crippen LogP contribution in [0, 0.1) is 5.92 Å². The Kier molecular flexibility index (Phi) is 5.86. The third kappa shape index (κ3) is 3.14. The topological polar surface area (TPSA) is 38.0 Å². The molecule has 0 radical (unpaired) electrons. The molecular weight excluding hydrogens is 224 g/mol. The van der Waals surface area contributed by atoms with Crippen LogP contribution < -0.4 is 0 Å². The van der Waals surface area contributed by atoms with Gasteiger partial charge in [0.05, 0.1) is 11.8 Å². The summed E-state index contributed by atoms with van der Waals surface area (Å²) in [5.74, 6) is 0.631. The van der Waals surface area contributed by atoms with E-state index in [-0.39, 0.29) is 6.10 Å². The predicted octanol–water partition coefficient (Wildman–Crippen LogP) is 3.50. The molecule has 1 N–H and O–H groups in total. The largest absolute Gasteiger partial charge is 0.388 e. The van der Waals surface area contributed by atoms with Gasteiger partial charge < -0.3 is 5.11 Å². The highest BCUT2D eigenvalue weighted by Gasteiger charge is 2.21. The van der Waals surface area contributed by atoms with E-state index in [0.29, 0.717) is 5.92 Å². The van der Waals surface area contributed by atoms with Gasteiger partial charge in [0.25, 0.3) is 0 Å². The summed E-state index contributed by atoms with van der Waals surface area (Å²) in [5, 5.41) is 14.9. The van der Waals surface area contributed by atoms with Gasteiger partial charge in [0.15, 0.2) is 0 Å². The van der Waals surface area contributed by atoms with Gasteiger partial charge in [-0.3, -0.25) is 4.68 Å². The minimum absolute atomic E-state index is 0.361. The number of aryl methyl sites for hydroxylation is 1. The molecule has 1 rings (SSSR count). The molecule has 3 nitrogen and oxygen atoms in total. The van der Waals surface area contributed by atoms with Crippen molar-refractivity contribution in [1.82, 2.24) is 9.78 Å². The fraction of sp³-hybridized carbons (Fsp3) is 0.800. The summed E-state index contributed by atoms with van der Waals surface area (Å²) in [6, 6.07) is 0. The van der Waals surface area contributed by atoms with Gasteiger partial charge in [-0.25, -0.2) is 0 Å². The lowest BCUT2D eigenvalue weighted by molar-refractivity contribution is 0.171. The van der Waals surface area contributed by atoms with Crippen molar-refractivity contribution in [3.63, 3.8) is 0 Å². The lowest BCUT2D eigenvalue weighted by Gasteiger charge is -2.14. The molecule has 3 heteroatoms. The van der Waals surface area contributed by atoms with Gasteiger partial charge in [-0.15, -0.1) is 0 Å². The van der Waals surface area contributed by atoms with E-state index in [2.05, 4.69) is 32.4 Å². The van der Waals surface area contributed by atoms with Gasteiger partial charge in [0, 0.05) is 17.8 Å². The molecule has 0 amide bonds. The first-order valence-electron chi connectivity index (χ1n) is 7.35. The maximum absolute atomic E-state index is 10.2. The Morgan fingerprint density at radius 2 is 1.78 bits per heavy atom. The van der Waals surface area contributed by atoms with Crippen LogP contribution in [0.25, 0.3) is 0 Å². The Labute approximate surface area is 111 Å². The van der Waals surface area contributed by atoms with Crippen LogP contribution in [0.1, 0.15) is 70.5 Å². The molecule has 0 aromatic carbocycles.